The number of hydrogen-bond acceptors (Lipinski definition) is 3. The summed E-state index contributed by atoms with van der Waals surface area (Å²) < 4.78 is 0. The van der Waals surface area contributed by atoms with Crippen molar-refractivity contribution in [2.75, 3.05) is 0 Å². The van der Waals surface area contributed by atoms with Gasteiger partial charge in [-0.1, -0.05) is 32.1 Å². The Kier molecular flexibility index (Phi) is 5.42. The number of carboxylic acid groups (broad SMARTS) is 1. The molecule has 0 radical (unpaired) electrons. The molecule has 2 fully saturated rings. The molecule has 2 aliphatic rings. The average molecular weight is 310 g/mol. The highest BCUT2D eigenvalue weighted by Gasteiger charge is 2.41. The quantitative estimate of drug-likeness (QED) is 0.718. The van der Waals surface area contributed by atoms with E-state index in [-0.39, 0.29) is 11.8 Å². The molecule has 1 atom stereocenters. The maximum atomic E-state index is 12.3. The van der Waals surface area contributed by atoms with Crippen molar-refractivity contribution in [2.45, 2.75) is 76.3 Å². The Balaban J connectivity index is 1.91. The number of hydrogen-bond donors (Lipinski definition) is 3. The lowest BCUT2D eigenvalue weighted by Crippen LogP contribution is -2.59. The van der Waals surface area contributed by atoms with Crippen LogP contribution < -0.4 is 10.6 Å². The molecular weight excluding hydrogens is 284 g/mol. The van der Waals surface area contributed by atoms with Gasteiger partial charge in [0.25, 0.3) is 0 Å². The predicted octanol–water partition coefficient (Wildman–Crippen LogP) is 1.58. The number of carboxylic acids is 1. The molecule has 0 aromatic carbocycles. The van der Waals surface area contributed by atoms with E-state index in [1.807, 2.05) is 0 Å². The SMILES string of the molecule is CC(NC(=O)C1CCCC1)C(=O)NC1(C(=O)O)CCCCC1. The molecule has 0 aliphatic heterocycles. The molecule has 3 N–H and O–H groups in total. The van der Waals surface area contributed by atoms with Crippen LogP contribution in [0, 0.1) is 5.92 Å². The van der Waals surface area contributed by atoms with E-state index in [4.69, 9.17) is 0 Å². The van der Waals surface area contributed by atoms with Gasteiger partial charge in [0.05, 0.1) is 0 Å². The van der Waals surface area contributed by atoms with Crippen LogP contribution >= 0.6 is 0 Å². The third-order valence-electron chi connectivity index (χ3n) is 4.96. The zero-order chi connectivity index (χ0) is 16.2. The summed E-state index contributed by atoms with van der Waals surface area (Å²) >= 11 is 0. The minimum atomic E-state index is -1.17. The fraction of sp³-hybridized carbons (Fsp3) is 0.812. The van der Waals surface area contributed by atoms with E-state index in [2.05, 4.69) is 10.6 Å². The zero-order valence-electron chi connectivity index (χ0n) is 13.2. The van der Waals surface area contributed by atoms with Crippen molar-refractivity contribution < 1.29 is 19.5 Å². The first-order valence-electron chi connectivity index (χ1n) is 8.30. The van der Waals surface area contributed by atoms with Gasteiger partial charge in [0.15, 0.2) is 0 Å². The molecule has 22 heavy (non-hydrogen) atoms. The average Bonchev–Trinajstić information content (AvgIpc) is 3.02. The van der Waals surface area contributed by atoms with E-state index in [1.54, 1.807) is 6.92 Å². The third-order valence-corrected chi connectivity index (χ3v) is 4.96. The largest absolute Gasteiger partial charge is 0.480 e. The van der Waals surface area contributed by atoms with Gasteiger partial charge >= 0.3 is 5.97 Å². The highest BCUT2D eigenvalue weighted by Crippen LogP contribution is 2.29. The van der Waals surface area contributed by atoms with Crippen molar-refractivity contribution in [1.82, 2.24) is 10.6 Å². The molecule has 0 saturated heterocycles. The van der Waals surface area contributed by atoms with E-state index in [1.165, 1.54) is 0 Å². The second-order valence-corrected chi connectivity index (χ2v) is 6.65. The summed E-state index contributed by atoms with van der Waals surface area (Å²) in [4.78, 5) is 35.9. The normalized spacial score (nSPS) is 22.8. The first-order valence-corrected chi connectivity index (χ1v) is 8.30. The molecule has 1 unspecified atom stereocenters. The maximum Gasteiger partial charge on any atom is 0.329 e. The van der Waals surface area contributed by atoms with Crippen LogP contribution in [0.1, 0.15) is 64.7 Å². The highest BCUT2D eigenvalue weighted by molar-refractivity contribution is 5.92. The van der Waals surface area contributed by atoms with E-state index in [9.17, 15) is 19.5 Å². The molecule has 0 bridgehead atoms. The smallest absolute Gasteiger partial charge is 0.329 e. The first-order chi connectivity index (χ1) is 10.4. The molecule has 2 aliphatic carbocycles. The van der Waals surface area contributed by atoms with Gasteiger partial charge in [0.2, 0.25) is 11.8 Å². The van der Waals surface area contributed by atoms with E-state index in [0.717, 1.165) is 44.9 Å². The van der Waals surface area contributed by atoms with Crippen molar-refractivity contribution in [3.05, 3.63) is 0 Å². The molecule has 6 nitrogen and oxygen atoms in total. The Morgan fingerprint density at radius 1 is 1.05 bits per heavy atom. The van der Waals surface area contributed by atoms with Crippen molar-refractivity contribution in [1.29, 1.82) is 0 Å². The summed E-state index contributed by atoms with van der Waals surface area (Å²) in [6.45, 7) is 1.61. The van der Waals surface area contributed by atoms with E-state index >= 15 is 0 Å². The number of nitrogens with one attached hydrogen (secondary N) is 2. The fourth-order valence-electron chi connectivity index (χ4n) is 3.48. The molecule has 0 heterocycles. The third kappa shape index (κ3) is 3.78. The standard InChI is InChI=1S/C16H26N2O4/c1-11(17-14(20)12-7-3-4-8-12)13(19)18-16(15(21)22)9-5-2-6-10-16/h11-12H,2-10H2,1H3,(H,17,20)(H,18,19)(H,21,22). The second kappa shape index (κ2) is 7.11. The topological polar surface area (TPSA) is 95.5 Å². The van der Waals surface area contributed by atoms with Crippen LogP contribution in [0.2, 0.25) is 0 Å². The molecular formula is C16H26N2O4. The van der Waals surface area contributed by atoms with Crippen LogP contribution in [-0.4, -0.2) is 34.5 Å². The molecule has 0 spiro atoms. The molecule has 2 saturated carbocycles. The van der Waals surface area contributed by atoms with Crippen molar-refractivity contribution >= 4 is 17.8 Å². The lowest BCUT2D eigenvalue weighted by atomic mass is 9.81. The molecule has 2 rings (SSSR count). The lowest BCUT2D eigenvalue weighted by Gasteiger charge is -2.35. The second-order valence-electron chi connectivity index (χ2n) is 6.65. The number of rotatable bonds is 5. The Bertz CT molecular complexity index is 437. The number of amides is 2. The number of carbonyl (C=O) groups is 3. The molecule has 124 valence electrons. The Morgan fingerprint density at radius 3 is 2.18 bits per heavy atom. The van der Waals surface area contributed by atoms with Gasteiger partial charge in [-0.3, -0.25) is 9.59 Å². The zero-order valence-corrected chi connectivity index (χ0v) is 13.2. The van der Waals surface area contributed by atoms with Crippen LogP contribution in [0.3, 0.4) is 0 Å². The number of carbonyl (C=O) groups excluding carboxylic acids is 2. The monoisotopic (exact) mass is 310 g/mol. The van der Waals surface area contributed by atoms with Crippen LogP contribution in [0.4, 0.5) is 0 Å². The van der Waals surface area contributed by atoms with Crippen LogP contribution in [-0.2, 0) is 14.4 Å². The number of aliphatic carboxylic acids is 1. The first kappa shape index (κ1) is 16.8. The molecule has 0 aromatic rings. The van der Waals surface area contributed by atoms with Crippen LogP contribution in [0.15, 0.2) is 0 Å². The van der Waals surface area contributed by atoms with Gasteiger partial charge in [-0.15, -0.1) is 0 Å². The minimum Gasteiger partial charge on any atom is -0.480 e. The van der Waals surface area contributed by atoms with Crippen LogP contribution in [0.25, 0.3) is 0 Å². The Hall–Kier alpha value is -1.59. The summed E-state index contributed by atoms with van der Waals surface area (Å²) in [5.74, 6) is -1.47. The van der Waals surface area contributed by atoms with Gasteiger partial charge in [-0.2, -0.15) is 0 Å². The summed E-state index contributed by atoms with van der Waals surface area (Å²) in [7, 11) is 0. The molecule has 0 aromatic heterocycles. The summed E-state index contributed by atoms with van der Waals surface area (Å²) in [6.07, 6.45) is 7.37. The molecule has 2 amide bonds. The van der Waals surface area contributed by atoms with E-state index in [0.29, 0.717) is 12.8 Å². The Labute approximate surface area is 131 Å². The van der Waals surface area contributed by atoms with Crippen molar-refractivity contribution in [3.63, 3.8) is 0 Å². The lowest BCUT2D eigenvalue weighted by molar-refractivity contribution is -0.149. The highest BCUT2D eigenvalue weighted by atomic mass is 16.4. The maximum absolute atomic E-state index is 12.3. The minimum absolute atomic E-state index is 0.00151. The van der Waals surface area contributed by atoms with Crippen molar-refractivity contribution in [3.8, 4) is 0 Å². The molecule has 6 heteroatoms. The van der Waals surface area contributed by atoms with Gasteiger partial charge in [0, 0.05) is 5.92 Å². The van der Waals surface area contributed by atoms with Gasteiger partial charge in [0.1, 0.15) is 11.6 Å². The van der Waals surface area contributed by atoms with Gasteiger partial charge in [-0.25, -0.2) is 4.79 Å². The van der Waals surface area contributed by atoms with Gasteiger partial charge < -0.3 is 15.7 Å². The summed E-state index contributed by atoms with van der Waals surface area (Å²) in [5.41, 5.74) is -1.17. The van der Waals surface area contributed by atoms with Crippen molar-refractivity contribution in [2.24, 2.45) is 5.92 Å². The summed E-state index contributed by atoms with van der Waals surface area (Å²) in [5, 5.41) is 14.9. The predicted molar refractivity (Wildman–Crippen MR) is 81.2 cm³/mol. The fourth-order valence-corrected chi connectivity index (χ4v) is 3.48. The van der Waals surface area contributed by atoms with E-state index < -0.39 is 23.5 Å². The van der Waals surface area contributed by atoms with Crippen LogP contribution in [0.5, 0.6) is 0 Å². The summed E-state index contributed by atoms with van der Waals surface area (Å²) in [6, 6.07) is -0.703. The van der Waals surface area contributed by atoms with Gasteiger partial charge in [-0.05, 0) is 32.6 Å². The Morgan fingerprint density at radius 2 is 1.64 bits per heavy atom.